The molecule has 3 unspecified atom stereocenters. The van der Waals surface area contributed by atoms with E-state index < -0.39 is 17.8 Å². The highest BCUT2D eigenvalue weighted by Crippen LogP contribution is 2.53. The molecule has 6 aliphatic rings. The maximum absolute atomic E-state index is 15.5. The summed E-state index contributed by atoms with van der Waals surface area (Å²) >= 11 is 2.06. The van der Waals surface area contributed by atoms with E-state index in [2.05, 4.69) is 55.7 Å². The fraction of sp³-hybridized carbons (Fsp3) is 0.653. The molecule has 0 aromatic heterocycles. The smallest absolute Gasteiger partial charge is 0.261 e. The average Bonchev–Trinajstić information content (AvgIpc) is 3.74. The minimum atomic E-state index is -0.852. The number of piperidine rings is 3. The Morgan fingerprint density at radius 2 is 1.71 bits per heavy atom. The summed E-state index contributed by atoms with van der Waals surface area (Å²) in [5.74, 6) is 0.903. The molecule has 3 saturated heterocycles. The third-order valence-corrected chi connectivity index (χ3v) is 15.7. The summed E-state index contributed by atoms with van der Waals surface area (Å²) in [5, 5.41) is 2.90. The van der Waals surface area contributed by atoms with E-state index in [4.69, 9.17) is 9.79 Å². The maximum atomic E-state index is 15.5. The Balaban J connectivity index is 0.00000125. The standard InChI is InChI=1S/C46H64FN7O4S.C2H5NO.CH5N/c1-5-7-37(30-55)53(31-56)45(58)39-25-40(47)42(24-33(39)3)51-22-16-46(17-23-51)26-34(27-46)29-50-18-14-38(15-19-50)59-52-20-12-36(13-21-52)49-44-35(28-48-4)10-11-43(57)54(44)41-9-6-8-32(41)2;1-3-2-4;1-2/h10-11,24-25,28,30-32,34,36-38,41H,4-9,12-23,26-27,29H2,1-3H3;2H,1H3,(H,3,4);2H2,1H3/b35-28-,49-44?;;. The van der Waals surface area contributed by atoms with E-state index in [0.29, 0.717) is 59.8 Å². The molecule has 1 aromatic rings. The minimum absolute atomic E-state index is 0.0360. The van der Waals surface area contributed by atoms with Crippen molar-refractivity contribution in [1.82, 2.24) is 24.3 Å². The van der Waals surface area contributed by atoms with E-state index in [0.717, 1.165) is 106 Å². The summed E-state index contributed by atoms with van der Waals surface area (Å²) in [7, 11) is 3.06. The number of carbonyl (C=O) groups excluding carboxylic acids is 5. The Kier molecular flexibility index (Phi) is 19.9. The van der Waals surface area contributed by atoms with E-state index in [1.807, 2.05) is 17.9 Å². The zero-order chi connectivity index (χ0) is 47.1. The summed E-state index contributed by atoms with van der Waals surface area (Å²) < 4.78 is 18.1. The van der Waals surface area contributed by atoms with Gasteiger partial charge in [-0.3, -0.25) is 43.3 Å². The van der Waals surface area contributed by atoms with Crippen molar-refractivity contribution < 1.29 is 28.4 Å². The molecule has 16 heteroatoms. The van der Waals surface area contributed by atoms with Gasteiger partial charge in [-0.25, -0.2) is 4.39 Å². The van der Waals surface area contributed by atoms with Crippen LogP contribution >= 0.6 is 11.9 Å². The number of amidine groups is 1. The molecule has 0 bridgehead atoms. The lowest BCUT2D eigenvalue weighted by atomic mass is 9.57. The molecule has 1 aromatic carbocycles. The van der Waals surface area contributed by atoms with Gasteiger partial charge in [-0.05, 0) is 145 Å². The summed E-state index contributed by atoms with van der Waals surface area (Å²) in [6, 6.07) is 2.50. The number of benzene rings is 1. The van der Waals surface area contributed by atoms with Crippen molar-refractivity contribution in [2.45, 2.75) is 128 Å². The lowest BCUT2D eigenvalue weighted by molar-refractivity contribution is -0.124. The van der Waals surface area contributed by atoms with Gasteiger partial charge in [0.05, 0.1) is 17.8 Å². The molecular formula is C49H74FN9O5S. The molecule has 3 atom stereocenters. The second-order valence-electron chi connectivity index (χ2n) is 18.6. The van der Waals surface area contributed by atoms with Gasteiger partial charge in [0.15, 0.2) is 0 Å². The van der Waals surface area contributed by atoms with E-state index in [1.54, 1.807) is 32.3 Å². The highest BCUT2D eigenvalue weighted by molar-refractivity contribution is 7.97. The van der Waals surface area contributed by atoms with Gasteiger partial charge < -0.3 is 25.6 Å². The van der Waals surface area contributed by atoms with Crippen LogP contribution in [0.1, 0.15) is 113 Å². The quantitative estimate of drug-likeness (QED) is 0.118. The van der Waals surface area contributed by atoms with Crippen molar-refractivity contribution in [1.29, 1.82) is 0 Å². The first-order valence-electron chi connectivity index (χ1n) is 23.8. The first kappa shape index (κ1) is 51.7. The zero-order valence-electron chi connectivity index (χ0n) is 39.5. The lowest BCUT2D eigenvalue weighted by Crippen LogP contribution is -2.50. The van der Waals surface area contributed by atoms with Gasteiger partial charge in [-0.2, -0.15) is 0 Å². The number of imide groups is 1. The van der Waals surface area contributed by atoms with Crippen molar-refractivity contribution in [3.05, 3.63) is 53.0 Å². The molecule has 4 amide bonds. The molecule has 358 valence electrons. The average molecular weight is 920 g/mol. The van der Waals surface area contributed by atoms with Gasteiger partial charge in [0.25, 0.3) is 11.8 Å². The summed E-state index contributed by atoms with van der Waals surface area (Å²) in [4.78, 5) is 75.7. The van der Waals surface area contributed by atoms with Crippen LogP contribution in [0.15, 0.2) is 46.0 Å². The fourth-order valence-corrected chi connectivity index (χ4v) is 12.1. The molecule has 5 fully saturated rings. The summed E-state index contributed by atoms with van der Waals surface area (Å²) in [6.07, 6.45) is 20.2. The maximum Gasteiger partial charge on any atom is 0.261 e. The van der Waals surface area contributed by atoms with Crippen LogP contribution in [0, 0.1) is 30.0 Å². The zero-order valence-corrected chi connectivity index (χ0v) is 40.3. The van der Waals surface area contributed by atoms with Crippen LogP contribution in [-0.4, -0.2) is 146 Å². The normalized spacial score (nSPS) is 24.7. The molecule has 1 spiro atoms. The number of aryl methyl sites for hydroxylation is 1. The van der Waals surface area contributed by atoms with E-state index in [9.17, 15) is 19.2 Å². The van der Waals surface area contributed by atoms with Gasteiger partial charge in [-0.1, -0.05) is 38.6 Å². The number of amides is 4. The topological polar surface area (TPSA) is 164 Å². The Bertz CT molecular complexity index is 1880. The number of carbonyl (C=O) groups is 5. The SMILES string of the molecule is C=N/C=C1/C=CC(=O)N(C2CCCC2C)C1=NC1CCN(SC2CCN(CC3CC4(CCN(c5cc(C)c(C(=O)N(C=O)C(C=O)CCC)cc5F)CC4)C3)CC2)CC1.CN.CNC=O. The second-order valence-corrected chi connectivity index (χ2v) is 20.0. The van der Waals surface area contributed by atoms with Gasteiger partial charge >= 0.3 is 0 Å². The number of aliphatic imine (C=N–C) groups is 2. The Hall–Kier alpha value is -4.25. The number of hydrogen-bond donors (Lipinski definition) is 2. The monoisotopic (exact) mass is 920 g/mol. The van der Waals surface area contributed by atoms with Gasteiger partial charge in [0.2, 0.25) is 12.8 Å². The van der Waals surface area contributed by atoms with Crippen LogP contribution in [0.25, 0.3) is 0 Å². The number of nitrogens with zero attached hydrogens (tertiary/aromatic N) is 7. The Morgan fingerprint density at radius 3 is 2.28 bits per heavy atom. The number of aldehydes is 1. The molecule has 7 rings (SSSR count). The van der Waals surface area contributed by atoms with Gasteiger partial charge in [-0.15, -0.1) is 0 Å². The highest BCUT2D eigenvalue weighted by Gasteiger charge is 2.46. The summed E-state index contributed by atoms with van der Waals surface area (Å²) in [6.45, 7) is 16.6. The van der Waals surface area contributed by atoms with E-state index in [1.165, 1.54) is 45.3 Å². The number of rotatable bonds is 15. The van der Waals surface area contributed by atoms with Crippen LogP contribution in [-0.2, 0) is 19.2 Å². The number of nitrogens with one attached hydrogen (secondary N) is 1. The predicted molar refractivity (Wildman–Crippen MR) is 259 cm³/mol. The van der Waals surface area contributed by atoms with E-state index in [-0.39, 0.29) is 23.6 Å². The van der Waals surface area contributed by atoms with Crippen LogP contribution in [0.4, 0.5) is 10.1 Å². The Labute approximate surface area is 390 Å². The molecule has 2 saturated carbocycles. The van der Waals surface area contributed by atoms with Crippen molar-refractivity contribution >= 4 is 61.1 Å². The number of likely N-dealkylation sites (tertiary alicyclic amines) is 1. The number of nitrogens with two attached hydrogens (primary N) is 1. The highest BCUT2D eigenvalue weighted by atomic mass is 32.2. The molecule has 4 heterocycles. The Morgan fingerprint density at radius 1 is 1.03 bits per heavy atom. The first-order valence-corrected chi connectivity index (χ1v) is 24.7. The van der Waals surface area contributed by atoms with Crippen molar-refractivity contribution in [3.63, 3.8) is 0 Å². The molecule has 65 heavy (non-hydrogen) atoms. The number of halogens is 1. The second kappa shape index (κ2) is 25.0. The number of hydrogen-bond acceptors (Lipinski definition) is 12. The number of anilines is 1. The van der Waals surface area contributed by atoms with Gasteiger partial charge in [0.1, 0.15) is 17.9 Å². The van der Waals surface area contributed by atoms with Crippen LogP contribution < -0.4 is 16.0 Å². The largest absolute Gasteiger partial charge is 0.369 e. The van der Waals surface area contributed by atoms with Crippen LogP contribution in [0.2, 0.25) is 0 Å². The van der Waals surface area contributed by atoms with Crippen LogP contribution in [0.5, 0.6) is 0 Å². The molecule has 0 radical (unpaired) electrons. The lowest BCUT2D eigenvalue weighted by Gasteiger charge is -2.54. The van der Waals surface area contributed by atoms with Crippen molar-refractivity contribution in [3.8, 4) is 0 Å². The van der Waals surface area contributed by atoms with Crippen molar-refractivity contribution in [2.75, 3.05) is 64.8 Å². The fourth-order valence-electron chi connectivity index (χ4n) is 10.8. The minimum Gasteiger partial charge on any atom is -0.369 e. The van der Waals surface area contributed by atoms with E-state index >= 15 is 4.39 Å². The third-order valence-electron chi connectivity index (χ3n) is 14.3. The molecule has 3 N–H and O–H groups in total. The van der Waals surface area contributed by atoms with Crippen molar-refractivity contribution in [2.24, 2.45) is 33.0 Å². The molecule has 14 nitrogen and oxygen atoms in total. The predicted octanol–water partition coefficient (Wildman–Crippen LogP) is 6.18. The van der Waals surface area contributed by atoms with Gasteiger partial charge in [0, 0.05) is 74.5 Å². The summed E-state index contributed by atoms with van der Waals surface area (Å²) in [5.41, 5.74) is 6.95. The first-order chi connectivity index (χ1) is 31.5. The molecular weight excluding hydrogens is 846 g/mol. The third kappa shape index (κ3) is 13.0. The van der Waals surface area contributed by atoms with Crippen LogP contribution in [0.3, 0.4) is 0 Å². The molecule has 2 aliphatic carbocycles. The molecule has 4 aliphatic heterocycles.